The summed E-state index contributed by atoms with van der Waals surface area (Å²) in [5.41, 5.74) is 1.45. The minimum absolute atomic E-state index is 0.00199. The van der Waals surface area contributed by atoms with E-state index in [1.165, 1.54) is 12.1 Å². The summed E-state index contributed by atoms with van der Waals surface area (Å²) >= 11 is 0. The molecule has 1 heterocycles. The number of hydrogen-bond acceptors (Lipinski definition) is 4. The summed E-state index contributed by atoms with van der Waals surface area (Å²) in [6, 6.07) is 4.57. The molecule has 2 aliphatic rings. The van der Waals surface area contributed by atoms with Gasteiger partial charge in [0.2, 0.25) is 0 Å². The van der Waals surface area contributed by atoms with Crippen LogP contribution < -0.4 is 5.46 Å². The zero-order valence-corrected chi connectivity index (χ0v) is 8.50. The maximum atomic E-state index is 10.6. The van der Waals surface area contributed by atoms with Gasteiger partial charge in [0, 0.05) is 12.1 Å². The zero-order chi connectivity index (χ0) is 11.3. The Labute approximate surface area is 92.3 Å². The van der Waals surface area contributed by atoms with Crippen LogP contribution in [0.25, 0.3) is 0 Å². The summed E-state index contributed by atoms with van der Waals surface area (Å²) in [5, 5.41) is 20.3. The third kappa shape index (κ3) is 1.42. The summed E-state index contributed by atoms with van der Waals surface area (Å²) in [6.45, 7) is 0. The molecular weight excluding hydrogens is 209 g/mol. The molecule has 6 heteroatoms. The molecule has 3 rings (SSSR count). The van der Waals surface area contributed by atoms with Gasteiger partial charge in [-0.3, -0.25) is 10.1 Å². The Morgan fingerprint density at radius 2 is 2.25 bits per heavy atom. The first-order chi connectivity index (χ1) is 7.66. The molecule has 1 aliphatic heterocycles. The van der Waals surface area contributed by atoms with E-state index in [1.807, 2.05) is 0 Å². The predicted molar refractivity (Wildman–Crippen MR) is 57.3 cm³/mol. The average molecular weight is 219 g/mol. The zero-order valence-electron chi connectivity index (χ0n) is 8.50. The van der Waals surface area contributed by atoms with Crippen LogP contribution in [0.3, 0.4) is 0 Å². The van der Waals surface area contributed by atoms with Crippen molar-refractivity contribution in [3.05, 3.63) is 33.9 Å². The van der Waals surface area contributed by atoms with Crippen LogP contribution in [-0.4, -0.2) is 17.1 Å². The fourth-order valence-corrected chi connectivity index (χ4v) is 2.20. The molecule has 1 unspecified atom stereocenters. The first-order valence-electron chi connectivity index (χ1n) is 5.28. The molecule has 1 aromatic rings. The van der Waals surface area contributed by atoms with Crippen molar-refractivity contribution in [1.82, 2.24) is 0 Å². The molecule has 1 aromatic carbocycles. The molecule has 0 aromatic heterocycles. The van der Waals surface area contributed by atoms with Gasteiger partial charge in [0.25, 0.3) is 5.69 Å². The lowest BCUT2D eigenvalue weighted by molar-refractivity contribution is -0.384. The van der Waals surface area contributed by atoms with E-state index < -0.39 is 12.0 Å². The highest BCUT2D eigenvalue weighted by molar-refractivity contribution is 6.61. The van der Waals surface area contributed by atoms with E-state index in [-0.39, 0.29) is 11.8 Å². The maximum Gasteiger partial charge on any atom is 0.492 e. The van der Waals surface area contributed by atoms with Crippen LogP contribution in [0.2, 0.25) is 0 Å². The first-order valence-corrected chi connectivity index (χ1v) is 5.28. The van der Waals surface area contributed by atoms with Gasteiger partial charge in [-0.25, -0.2) is 0 Å². The van der Waals surface area contributed by atoms with Gasteiger partial charge < -0.3 is 9.68 Å². The molecule has 1 aliphatic carbocycles. The van der Waals surface area contributed by atoms with Crippen molar-refractivity contribution >= 4 is 18.3 Å². The lowest BCUT2D eigenvalue weighted by atomic mass is 9.79. The summed E-state index contributed by atoms with van der Waals surface area (Å²) in [6.07, 6.45) is 2.13. The van der Waals surface area contributed by atoms with E-state index in [2.05, 4.69) is 0 Å². The van der Waals surface area contributed by atoms with Crippen LogP contribution in [0, 0.1) is 16.0 Å². The number of non-ortho nitro benzene ring substituents is 1. The standard InChI is InChI=1S/C10H10BNO4/c13-11-9-5-7(12(14)15)3-4-8(9)10(16-11)6-1-2-6/h3-6,10,13H,1-2H2. The van der Waals surface area contributed by atoms with Crippen molar-refractivity contribution in [3.8, 4) is 0 Å². The summed E-state index contributed by atoms with van der Waals surface area (Å²) < 4.78 is 5.42. The highest BCUT2D eigenvalue weighted by Gasteiger charge is 2.43. The van der Waals surface area contributed by atoms with E-state index in [9.17, 15) is 15.1 Å². The van der Waals surface area contributed by atoms with Gasteiger partial charge in [-0.2, -0.15) is 0 Å². The molecule has 0 bridgehead atoms. The van der Waals surface area contributed by atoms with E-state index in [1.54, 1.807) is 6.07 Å². The highest BCUT2D eigenvalue weighted by Crippen LogP contribution is 2.45. The molecule has 0 saturated heterocycles. The highest BCUT2D eigenvalue weighted by atomic mass is 16.6. The van der Waals surface area contributed by atoms with Crippen LogP contribution in [0.1, 0.15) is 24.5 Å². The second kappa shape index (κ2) is 3.30. The molecule has 5 nitrogen and oxygen atoms in total. The smallest absolute Gasteiger partial charge is 0.423 e. The van der Waals surface area contributed by atoms with E-state index in [4.69, 9.17) is 4.65 Å². The topological polar surface area (TPSA) is 72.6 Å². The lowest BCUT2D eigenvalue weighted by Crippen LogP contribution is -2.28. The molecule has 0 radical (unpaired) electrons. The van der Waals surface area contributed by atoms with Crippen molar-refractivity contribution in [1.29, 1.82) is 0 Å². The molecule has 1 N–H and O–H groups in total. The Morgan fingerprint density at radius 1 is 1.50 bits per heavy atom. The quantitative estimate of drug-likeness (QED) is 0.452. The normalized spacial score (nSPS) is 23.3. The number of rotatable bonds is 2. The molecule has 1 fully saturated rings. The number of benzene rings is 1. The summed E-state index contributed by atoms with van der Waals surface area (Å²) in [7, 11) is -1.01. The van der Waals surface area contributed by atoms with Gasteiger partial charge in [0.05, 0.1) is 11.0 Å². The third-order valence-electron chi connectivity index (χ3n) is 3.18. The minimum atomic E-state index is -1.01. The first kappa shape index (κ1) is 9.80. The van der Waals surface area contributed by atoms with Crippen molar-refractivity contribution < 1.29 is 14.6 Å². The van der Waals surface area contributed by atoms with Crippen LogP contribution >= 0.6 is 0 Å². The fourth-order valence-electron chi connectivity index (χ4n) is 2.20. The van der Waals surface area contributed by atoms with E-state index in [0.29, 0.717) is 11.4 Å². The van der Waals surface area contributed by atoms with Crippen molar-refractivity contribution in [2.75, 3.05) is 0 Å². The van der Waals surface area contributed by atoms with E-state index >= 15 is 0 Å². The summed E-state index contributed by atoms with van der Waals surface area (Å²) in [4.78, 5) is 10.2. The average Bonchev–Trinajstić information content (AvgIpc) is 3.04. The van der Waals surface area contributed by atoms with Gasteiger partial charge in [0.1, 0.15) is 0 Å². The van der Waals surface area contributed by atoms with Gasteiger partial charge in [-0.05, 0) is 35.9 Å². The number of nitro benzene ring substituents is 1. The Balaban J connectivity index is 2.02. The number of fused-ring (bicyclic) bond motifs is 1. The minimum Gasteiger partial charge on any atom is -0.423 e. The van der Waals surface area contributed by atoms with Gasteiger partial charge in [-0.15, -0.1) is 0 Å². The van der Waals surface area contributed by atoms with Crippen molar-refractivity contribution in [3.63, 3.8) is 0 Å². The van der Waals surface area contributed by atoms with Crippen LogP contribution in [0.15, 0.2) is 18.2 Å². The number of nitrogens with zero attached hydrogens (tertiary/aromatic N) is 1. The molecular formula is C10H10BNO4. The number of nitro groups is 1. The fraction of sp³-hybridized carbons (Fsp3) is 0.400. The lowest BCUT2D eigenvalue weighted by Gasteiger charge is -2.09. The largest absolute Gasteiger partial charge is 0.492 e. The molecule has 82 valence electrons. The van der Waals surface area contributed by atoms with Crippen molar-refractivity contribution in [2.45, 2.75) is 18.9 Å². The van der Waals surface area contributed by atoms with Crippen molar-refractivity contribution in [2.24, 2.45) is 5.92 Å². The summed E-state index contributed by atoms with van der Waals surface area (Å²) in [5.74, 6) is 0.470. The molecule has 0 spiro atoms. The molecule has 1 atom stereocenters. The Morgan fingerprint density at radius 3 is 2.88 bits per heavy atom. The molecule has 1 saturated carbocycles. The second-order valence-corrected chi connectivity index (χ2v) is 4.32. The Bertz CT molecular complexity index is 460. The second-order valence-electron chi connectivity index (χ2n) is 4.32. The van der Waals surface area contributed by atoms with Crippen LogP contribution in [-0.2, 0) is 4.65 Å². The molecule has 16 heavy (non-hydrogen) atoms. The Kier molecular flexibility index (Phi) is 2.02. The SMILES string of the molecule is O=[N+]([O-])c1ccc2c(c1)B(O)OC2C1CC1. The molecule has 0 amide bonds. The monoisotopic (exact) mass is 219 g/mol. The predicted octanol–water partition coefficient (Wildman–Crippen LogP) is 0.764. The van der Waals surface area contributed by atoms with E-state index in [0.717, 1.165) is 18.4 Å². The van der Waals surface area contributed by atoms with Gasteiger partial charge >= 0.3 is 7.12 Å². The number of hydrogen-bond donors (Lipinski definition) is 1. The van der Waals surface area contributed by atoms with Crippen LogP contribution in [0.4, 0.5) is 5.69 Å². The van der Waals surface area contributed by atoms with Gasteiger partial charge in [0.15, 0.2) is 0 Å². The third-order valence-corrected chi connectivity index (χ3v) is 3.18. The maximum absolute atomic E-state index is 10.6. The Hall–Kier alpha value is -1.40. The van der Waals surface area contributed by atoms with Crippen LogP contribution in [0.5, 0.6) is 0 Å². The van der Waals surface area contributed by atoms with Gasteiger partial charge in [-0.1, -0.05) is 0 Å².